The molecule has 0 spiro atoms. The summed E-state index contributed by atoms with van der Waals surface area (Å²) in [6.07, 6.45) is 3.88. The van der Waals surface area contributed by atoms with Gasteiger partial charge in [-0.2, -0.15) is 0 Å². The molecule has 2 aromatic rings. The highest BCUT2D eigenvalue weighted by Crippen LogP contribution is 2.38. The fourth-order valence-corrected chi connectivity index (χ4v) is 4.48. The number of halogens is 1. The summed E-state index contributed by atoms with van der Waals surface area (Å²) in [5.74, 6) is 0. The highest BCUT2D eigenvalue weighted by Gasteiger charge is 2.30. The summed E-state index contributed by atoms with van der Waals surface area (Å²) >= 11 is 8.28. The minimum atomic E-state index is 0.502. The van der Waals surface area contributed by atoms with Gasteiger partial charge in [0.1, 0.15) is 0 Å². The highest BCUT2D eigenvalue weighted by molar-refractivity contribution is 7.19. The molecule has 0 amide bonds. The Kier molecular flexibility index (Phi) is 3.59. The predicted molar refractivity (Wildman–Crippen MR) is 85.1 cm³/mol. The van der Waals surface area contributed by atoms with E-state index in [4.69, 9.17) is 11.6 Å². The SMILES string of the molecule is CC1(C)CCC(NCc2sc3ccccc3c2Cl)C1. The molecule has 1 aliphatic carbocycles. The number of thiophene rings is 1. The van der Waals surface area contributed by atoms with E-state index in [0.29, 0.717) is 11.5 Å². The summed E-state index contributed by atoms with van der Waals surface area (Å²) in [5, 5.41) is 5.81. The third-order valence-electron chi connectivity index (χ3n) is 4.12. The van der Waals surface area contributed by atoms with Crippen molar-refractivity contribution < 1.29 is 0 Å². The maximum atomic E-state index is 6.47. The number of rotatable bonds is 3. The predicted octanol–water partition coefficient (Wildman–Crippen LogP) is 5.22. The maximum absolute atomic E-state index is 6.47. The van der Waals surface area contributed by atoms with Crippen LogP contribution >= 0.6 is 22.9 Å². The van der Waals surface area contributed by atoms with Crippen LogP contribution in [0.2, 0.25) is 5.02 Å². The van der Waals surface area contributed by atoms with Crippen molar-refractivity contribution in [2.45, 2.75) is 45.7 Å². The average Bonchev–Trinajstić information content (AvgIpc) is 2.88. The molecule has 1 aromatic carbocycles. The fraction of sp³-hybridized carbons (Fsp3) is 0.500. The second-order valence-electron chi connectivity index (χ2n) is 6.32. The zero-order chi connectivity index (χ0) is 13.5. The number of hydrogen-bond donors (Lipinski definition) is 1. The molecule has 19 heavy (non-hydrogen) atoms. The minimum Gasteiger partial charge on any atom is -0.309 e. The Morgan fingerprint density at radius 2 is 2.16 bits per heavy atom. The van der Waals surface area contributed by atoms with Crippen molar-refractivity contribution in [3.63, 3.8) is 0 Å². The normalized spacial score (nSPS) is 22.2. The van der Waals surface area contributed by atoms with E-state index in [1.807, 2.05) is 11.3 Å². The third kappa shape index (κ3) is 2.81. The Labute approximate surface area is 124 Å². The zero-order valence-electron chi connectivity index (χ0n) is 11.5. The minimum absolute atomic E-state index is 0.502. The van der Waals surface area contributed by atoms with Gasteiger partial charge in [0.15, 0.2) is 0 Å². The molecule has 1 N–H and O–H groups in total. The summed E-state index contributed by atoms with van der Waals surface area (Å²) in [5.41, 5.74) is 0.502. The fourth-order valence-electron chi connectivity index (χ4n) is 3.03. The second kappa shape index (κ2) is 5.08. The topological polar surface area (TPSA) is 12.0 Å². The van der Waals surface area contributed by atoms with Crippen LogP contribution in [0.4, 0.5) is 0 Å². The second-order valence-corrected chi connectivity index (χ2v) is 7.83. The molecule has 1 saturated carbocycles. The molecule has 1 fully saturated rings. The van der Waals surface area contributed by atoms with Crippen molar-refractivity contribution in [1.29, 1.82) is 0 Å². The quantitative estimate of drug-likeness (QED) is 0.818. The van der Waals surface area contributed by atoms with Gasteiger partial charge < -0.3 is 5.32 Å². The van der Waals surface area contributed by atoms with Gasteiger partial charge in [-0.3, -0.25) is 0 Å². The molecular formula is C16H20ClNS. The molecular weight excluding hydrogens is 274 g/mol. The summed E-state index contributed by atoms with van der Waals surface area (Å²) in [6, 6.07) is 9.03. The van der Waals surface area contributed by atoms with Crippen LogP contribution in [0.1, 0.15) is 38.0 Å². The molecule has 0 aliphatic heterocycles. The summed E-state index contributed by atoms with van der Waals surface area (Å²) in [4.78, 5) is 1.27. The van der Waals surface area contributed by atoms with Gasteiger partial charge in [-0.05, 0) is 30.7 Å². The lowest BCUT2D eigenvalue weighted by Gasteiger charge is -2.17. The maximum Gasteiger partial charge on any atom is 0.0636 e. The van der Waals surface area contributed by atoms with Crippen molar-refractivity contribution in [2.75, 3.05) is 0 Å². The van der Waals surface area contributed by atoms with E-state index in [1.165, 1.54) is 34.2 Å². The van der Waals surface area contributed by atoms with Gasteiger partial charge in [-0.15, -0.1) is 11.3 Å². The molecule has 1 nitrogen and oxygen atoms in total. The number of hydrogen-bond acceptors (Lipinski definition) is 2. The Morgan fingerprint density at radius 1 is 1.37 bits per heavy atom. The molecule has 102 valence electrons. The van der Waals surface area contributed by atoms with Crippen LogP contribution in [-0.4, -0.2) is 6.04 Å². The molecule has 1 aliphatic rings. The van der Waals surface area contributed by atoms with Gasteiger partial charge in [-0.1, -0.05) is 43.6 Å². The Bertz CT molecular complexity index is 587. The first-order valence-electron chi connectivity index (χ1n) is 6.94. The van der Waals surface area contributed by atoms with E-state index < -0.39 is 0 Å². The van der Waals surface area contributed by atoms with Crippen molar-refractivity contribution in [1.82, 2.24) is 5.32 Å². The molecule has 3 rings (SSSR count). The summed E-state index contributed by atoms with van der Waals surface area (Å²) < 4.78 is 1.29. The van der Waals surface area contributed by atoms with Gasteiger partial charge in [0, 0.05) is 27.5 Å². The van der Waals surface area contributed by atoms with E-state index in [1.54, 1.807) is 0 Å². The highest BCUT2D eigenvalue weighted by atomic mass is 35.5. The number of benzene rings is 1. The molecule has 1 unspecified atom stereocenters. The Balaban J connectivity index is 1.71. The zero-order valence-corrected chi connectivity index (χ0v) is 13.1. The van der Waals surface area contributed by atoms with Gasteiger partial charge in [-0.25, -0.2) is 0 Å². The molecule has 0 bridgehead atoms. The number of fused-ring (bicyclic) bond motifs is 1. The lowest BCUT2D eigenvalue weighted by Crippen LogP contribution is -2.26. The third-order valence-corrected chi connectivity index (χ3v) is 5.84. The molecule has 1 aromatic heterocycles. The van der Waals surface area contributed by atoms with E-state index in [0.717, 1.165) is 11.6 Å². The van der Waals surface area contributed by atoms with E-state index in [2.05, 4.69) is 43.4 Å². The number of nitrogens with one attached hydrogen (secondary N) is 1. The summed E-state index contributed by atoms with van der Waals surface area (Å²) in [7, 11) is 0. The van der Waals surface area contributed by atoms with Crippen molar-refractivity contribution >= 4 is 33.0 Å². The lowest BCUT2D eigenvalue weighted by molar-refractivity contribution is 0.364. The molecule has 0 saturated heterocycles. The molecule has 1 atom stereocenters. The van der Waals surface area contributed by atoms with Crippen LogP contribution in [0.15, 0.2) is 24.3 Å². The van der Waals surface area contributed by atoms with Gasteiger partial charge in [0.25, 0.3) is 0 Å². The van der Waals surface area contributed by atoms with Crippen LogP contribution in [0.5, 0.6) is 0 Å². The van der Waals surface area contributed by atoms with E-state index >= 15 is 0 Å². The Morgan fingerprint density at radius 3 is 2.84 bits per heavy atom. The van der Waals surface area contributed by atoms with E-state index in [-0.39, 0.29) is 0 Å². The van der Waals surface area contributed by atoms with Crippen molar-refractivity contribution in [3.05, 3.63) is 34.2 Å². The summed E-state index contributed by atoms with van der Waals surface area (Å²) in [6.45, 7) is 5.63. The van der Waals surface area contributed by atoms with Crippen LogP contribution in [0.25, 0.3) is 10.1 Å². The van der Waals surface area contributed by atoms with E-state index in [9.17, 15) is 0 Å². The van der Waals surface area contributed by atoms with Crippen LogP contribution in [0.3, 0.4) is 0 Å². The van der Waals surface area contributed by atoms with Crippen LogP contribution < -0.4 is 5.32 Å². The molecule has 3 heteroatoms. The first-order chi connectivity index (χ1) is 9.05. The standard InChI is InChI=1S/C16H20ClNS/c1-16(2)8-7-11(9-16)18-10-14-15(17)12-5-3-4-6-13(12)19-14/h3-6,11,18H,7-10H2,1-2H3. The van der Waals surface area contributed by atoms with Crippen LogP contribution in [0, 0.1) is 5.41 Å². The van der Waals surface area contributed by atoms with Crippen molar-refractivity contribution in [3.8, 4) is 0 Å². The van der Waals surface area contributed by atoms with Crippen molar-refractivity contribution in [2.24, 2.45) is 5.41 Å². The lowest BCUT2D eigenvalue weighted by atomic mass is 9.92. The van der Waals surface area contributed by atoms with Crippen LogP contribution in [-0.2, 0) is 6.54 Å². The average molecular weight is 294 g/mol. The van der Waals surface area contributed by atoms with Gasteiger partial charge in [0.05, 0.1) is 5.02 Å². The monoisotopic (exact) mass is 293 g/mol. The first-order valence-corrected chi connectivity index (χ1v) is 8.14. The van der Waals surface area contributed by atoms with Gasteiger partial charge in [0.2, 0.25) is 0 Å². The van der Waals surface area contributed by atoms with Gasteiger partial charge >= 0.3 is 0 Å². The smallest absolute Gasteiger partial charge is 0.0636 e. The first kappa shape index (κ1) is 13.4. The Hall–Kier alpha value is -0.570. The molecule has 1 heterocycles. The largest absolute Gasteiger partial charge is 0.309 e. The molecule has 0 radical (unpaired) electrons.